The Kier molecular flexibility index (Phi) is 3.79. The summed E-state index contributed by atoms with van der Waals surface area (Å²) in [6.07, 6.45) is 5.39. The lowest BCUT2D eigenvalue weighted by atomic mass is 10.2. The molecule has 20 heavy (non-hydrogen) atoms. The molecule has 0 N–H and O–H groups in total. The van der Waals surface area contributed by atoms with Crippen LogP contribution in [0.25, 0.3) is 0 Å². The summed E-state index contributed by atoms with van der Waals surface area (Å²) in [7, 11) is -2.63. The Morgan fingerprint density at radius 1 is 1.15 bits per heavy atom. The molecule has 1 aromatic rings. The quantitative estimate of drug-likeness (QED) is 0.276. The van der Waals surface area contributed by atoms with E-state index in [1.54, 1.807) is 0 Å². The highest BCUT2D eigenvalue weighted by Gasteiger charge is 2.25. The number of allylic oxidation sites excluding steroid dienone is 2. The van der Waals surface area contributed by atoms with Crippen LogP contribution in [0.3, 0.4) is 0 Å². The fraction of sp³-hybridized carbons (Fsp3) is 0.0833. The third-order valence-electron chi connectivity index (χ3n) is 2.79. The van der Waals surface area contributed by atoms with Crippen LogP contribution in [-0.4, -0.2) is 23.0 Å². The molecule has 1 heterocycles. The first-order chi connectivity index (χ1) is 9.42. The van der Waals surface area contributed by atoms with Gasteiger partial charge < -0.3 is 5.21 Å². The number of non-ortho nitro benzene ring substituents is 1. The first kappa shape index (κ1) is 14.1. The molecule has 0 saturated heterocycles. The summed E-state index contributed by atoms with van der Waals surface area (Å²) in [6.45, 7) is -0.151. The fourth-order valence-electron chi connectivity index (χ4n) is 1.83. The molecule has 0 bridgehead atoms. The van der Waals surface area contributed by atoms with Crippen molar-refractivity contribution >= 4 is 21.0 Å². The van der Waals surface area contributed by atoms with Gasteiger partial charge in [-0.15, -0.1) is 0 Å². The minimum Gasteiger partial charge on any atom is -0.621 e. The van der Waals surface area contributed by atoms with E-state index in [1.807, 2.05) is 0 Å². The molecule has 2 rings (SSSR count). The normalized spacial score (nSPS) is 20.9. The molecule has 0 aromatic heterocycles. The van der Waals surface area contributed by atoms with Crippen LogP contribution in [0.2, 0.25) is 0 Å². The molecule has 1 aliphatic rings. The molecule has 1 unspecified atom stereocenters. The van der Waals surface area contributed by atoms with Crippen LogP contribution in [0, 0.1) is 15.3 Å². The average Bonchev–Trinajstić information content (AvgIpc) is 2.39. The number of hydrogen-bond donors (Lipinski definition) is 0. The summed E-state index contributed by atoms with van der Waals surface area (Å²) >= 11 is 0. The van der Waals surface area contributed by atoms with Crippen LogP contribution in [0.15, 0.2) is 48.7 Å². The van der Waals surface area contributed by atoms with E-state index in [0.717, 1.165) is 0 Å². The van der Waals surface area contributed by atoms with Gasteiger partial charge in [0.1, 0.15) is 12.7 Å². The standard InChI is InChI=1S/C12H10N2O5S/c15-13(16)11-6-4-10(5-7-11)9-14(17)8-2-1-3-12(14)20(18)19/h1-8H,9H2. The summed E-state index contributed by atoms with van der Waals surface area (Å²) < 4.78 is 21.0. The van der Waals surface area contributed by atoms with Crippen molar-refractivity contribution in [3.05, 3.63) is 69.6 Å². The molecule has 8 heteroatoms. The van der Waals surface area contributed by atoms with Gasteiger partial charge in [0.05, 0.1) is 4.92 Å². The first-order valence-electron chi connectivity index (χ1n) is 5.57. The lowest BCUT2D eigenvalue weighted by molar-refractivity contribution is -0.744. The molecule has 7 nitrogen and oxygen atoms in total. The van der Waals surface area contributed by atoms with Gasteiger partial charge in [-0.1, -0.05) is 0 Å². The van der Waals surface area contributed by atoms with E-state index < -0.39 is 19.9 Å². The fourth-order valence-corrected chi connectivity index (χ4v) is 2.40. The summed E-state index contributed by atoms with van der Waals surface area (Å²) in [6, 6.07) is 5.43. The number of quaternary nitrogens is 1. The van der Waals surface area contributed by atoms with Crippen molar-refractivity contribution in [3.63, 3.8) is 0 Å². The molecule has 104 valence electrons. The second kappa shape index (κ2) is 5.37. The Hall–Kier alpha value is -2.29. The van der Waals surface area contributed by atoms with Gasteiger partial charge in [-0.05, 0) is 24.3 Å². The highest BCUT2D eigenvalue weighted by molar-refractivity contribution is 7.72. The van der Waals surface area contributed by atoms with Crippen LogP contribution < -0.4 is 0 Å². The molecule has 0 radical (unpaired) electrons. The van der Waals surface area contributed by atoms with E-state index in [-0.39, 0.29) is 17.2 Å². The molecular formula is C12H10N2O5S. The lowest BCUT2D eigenvalue weighted by Gasteiger charge is -2.37. The second-order valence-corrected chi connectivity index (χ2v) is 5.04. The molecular weight excluding hydrogens is 284 g/mol. The van der Waals surface area contributed by atoms with Crippen LogP contribution in [0.5, 0.6) is 0 Å². The molecule has 0 fully saturated rings. The second-order valence-electron chi connectivity index (χ2n) is 4.15. The number of hydroxylamine groups is 3. The monoisotopic (exact) mass is 294 g/mol. The van der Waals surface area contributed by atoms with Gasteiger partial charge in [0.2, 0.25) is 0 Å². The predicted octanol–water partition coefficient (Wildman–Crippen LogP) is 1.50. The maximum Gasteiger partial charge on any atom is 0.277 e. The third-order valence-corrected chi connectivity index (χ3v) is 3.57. The Bertz CT molecular complexity index is 726. The first-order valence-corrected chi connectivity index (χ1v) is 6.65. The maximum atomic E-state index is 12.5. The number of nitro groups is 1. The summed E-state index contributed by atoms with van der Waals surface area (Å²) in [4.78, 5) is 9.70. The lowest BCUT2D eigenvalue weighted by Crippen LogP contribution is -2.42. The summed E-state index contributed by atoms with van der Waals surface area (Å²) in [5, 5.41) is 23.1. The van der Waals surface area contributed by atoms with E-state index in [2.05, 4.69) is 0 Å². The van der Waals surface area contributed by atoms with E-state index in [4.69, 9.17) is 0 Å². The van der Waals surface area contributed by atoms with Crippen molar-refractivity contribution < 1.29 is 18.0 Å². The van der Waals surface area contributed by atoms with E-state index in [0.29, 0.717) is 5.56 Å². The Morgan fingerprint density at radius 3 is 2.35 bits per heavy atom. The number of benzene rings is 1. The van der Waals surface area contributed by atoms with Gasteiger partial charge in [0.15, 0.2) is 0 Å². The zero-order valence-electron chi connectivity index (χ0n) is 10.2. The number of nitro benzene ring substituents is 1. The summed E-state index contributed by atoms with van der Waals surface area (Å²) in [5.41, 5.74) is 0.422. The van der Waals surface area contributed by atoms with Crippen LogP contribution in [0.1, 0.15) is 5.56 Å². The zero-order valence-corrected chi connectivity index (χ0v) is 11.0. The SMILES string of the molecule is O=[N+]([O-])c1ccc(C[N+]2([O-])C=CC=CC2=S(=O)=O)cc1. The van der Waals surface area contributed by atoms with Gasteiger partial charge in [-0.3, -0.25) is 14.8 Å². The van der Waals surface area contributed by atoms with Crippen molar-refractivity contribution in [2.24, 2.45) is 0 Å². The van der Waals surface area contributed by atoms with Crippen molar-refractivity contribution in [2.45, 2.75) is 6.54 Å². The third kappa shape index (κ3) is 2.82. The van der Waals surface area contributed by atoms with E-state index >= 15 is 0 Å². The van der Waals surface area contributed by atoms with Crippen LogP contribution in [0.4, 0.5) is 5.69 Å². The highest BCUT2D eigenvalue weighted by Crippen LogP contribution is 2.20. The molecule has 0 spiro atoms. The topological polar surface area (TPSA) is 100 Å². The number of hydrogen-bond acceptors (Lipinski definition) is 5. The summed E-state index contributed by atoms with van der Waals surface area (Å²) in [5.74, 6) is 0. The molecule has 0 saturated carbocycles. The molecule has 0 aliphatic carbocycles. The largest absolute Gasteiger partial charge is 0.621 e. The van der Waals surface area contributed by atoms with Crippen LogP contribution >= 0.6 is 0 Å². The van der Waals surface area contributed by atoms with Crippen molar-refractivity contribution in [2.75, 3.05) is 0 Å². The van der Waals surface area contributed by atoms with E-state index in [9.17, 15) is 23.7 Å². The molecule has 1 atom stereocenters. The number of nitrogens with zero attached hydrogens (tertiary/aromatic N) is 2. The highest BCUT2D eigenvalue weighted by atomic mass is 32.2. The van der Waals surface area contributed by atoms with Gasteiger partial charge in [0, 0.05) is 23.8 Å². The minimum absolute atomic E-state index is 0.0862. The Morgan fingerprint density at radius 2 is 1.80 bits per heavy atom. The van der Waals surface area contributed by atoms with Gasteiger partial charge in [-0.2, -0.15) is 8.42 Å². The Balaban J connectivity index is 2.33. The smallest absolute Gasteiger partial charge is 0.277 e. The van der Waals surface area contributed by atoms with Crippen LogP contribution in [-0.2, 0) is 16.8 Å². The molecule has 0 amide bonds. The maximum absolute atomic E-state index is 12.5. The van der Waals surface area contributed by atoms with Crippen molar-refractivity contribution in [1.82, 2.24) is 0 Å². The average molecular weight is 294 g/mol. The number of rotatable bonds is 3. The predicted molar refractivity (Wildman–Crippen MR) is 72.6 cm³/mol. The molecule has 1 aliphatic heterocycles. The Labute approximate surface area is 115 Å². The van der Waals surface area contributed by atoms with Gasteiger partial charge in [0.25, 0.3) is 21.0 Å². The van der Waals surface area contributed by atoms with E-state index in [1.165, 1.54) is 48.7 Å². The van der Waals surface area contributed by atoms with Gasteiger partial charge in [-0.25, -0.2) is 0 Å². The van der Waals surface area contributed by atoms with Crippen molar-refractivity contribution in [3.8, 4) is 0 Å². The zero-order chi connectivity index (χ0) is 14.8. The minimum atomic E-state index is -2.63. The van der Waals surface area contributed by atoms with Gasteiger partial charge >= 0.3 is 0 Å². The molecule has 1 aromatic carbocycles. The van der Waals surface area contributed by atoms with Crippen molar-refractivity contribution in [1.29, 1.82) is 0 Å².